The van der Waals surface area contributed by atoms with Crippen LogP contribution in [-0.2, 0) is 4.79 Å². The largest absolute Gasteiger partial charge is 0.339 e. The lowest BCUT2D eigenvalue weighted by atomic mass is 9.98. The van der Waals surface area contributed by atoms with E-state index in [1.807, 2.05) is 4.90 Å². The Hall–Kier alpha value is -3.66. The number of likely N-dealkylation sites (tertiary alicyclic amines) is 1. The molecule has 0 saturated carbocycles. The number of nitrogens with one attached hydrogen (secondary N) is 1. The Labute approximate surface area is 183 Å². The summed E-state index contributed by atoms with van der Waals surface area (Å²) in [5.41, 5.74) is 1.42. The normalized spacial score (nSPS) is 16.6. The molecule has 1 amide bonds. The molecule has 1 aliphatic heterocycles. The van der Waals surface area contributed by atoms with Gasteiger partial charge in [0.25, 0.3) is 5.69 Å². The second-order valence-corrected chi connectivity index (χ2v) is 7.85. The molecule has 2 heterocycles. The van der Waals surface area contributed by atoms with Gasteiger partial charge in [-0.1, -0.05) is 23.4 Å². The molecular weight excluding hydrogens is 417 g/mol. The van der Waals surface area contributed by atoms with Gasteiger partial charge in [0.15, 0.2) is 0 Å². The van der Waals surface area contributed by atoms with Crippen LogP contribution in [0.15, 0.2) is 47.0 Å². The number of nitro benzene ring substituents is 1. The van der Waals surface area contributed by atoms with E-state index in [1.54, 1.807) is 31.2 Å². The molecule has 0 radical (unpaired) electrons. The van der Waals surface area contributed by atoms with Crippen molar-refractivity contribution in [2.24, 2.45) is 0 Å². The van der Waals surface area contributed by atoms with Crippen molar-refractivity contribution in [3.8, 4) is 11.4 Å². The molecule has 0 bridgehead atoms. The first kappa shape index (κ1) is 21.6. The van der Waals surface area contributed by atoms with E-state index in [1.165, 1.54) is 18.2 Å². The molecule has 1 saturated heterocycles. The van der Waals surface area contributed by atoms with Crippen LogP contribution in [0.2, 0.25) is 0 Å². The molecule has 1 aliphatic rings. The molecule has 4 rings (SSSR count). The van der Waals surface area contributed by atoms with Gasteiger partial charge >= 0.3 is 0 Å². The van der Waals surface area contributed by atoms with Gasteiger partial charge in [0.2, 0.25) is 17.6 Å². The van der Waals surface area contributed by atoms with Crippen LogP contribution < -0.4 is 5.32 Å². The molecule has 0 unspecified atom stereocenters. The Morgan fingerprint density at radius 1 is 1.34 bits per heavy atom. The number of aromatic nitrogens is 2. The average molecular weight is 439 g/mol. The minimum absolute atomic E-state index is 0.0354. The maximum Gasteiger partial charge on any atom is 0.274 e. The number of rotatable bonds is 6. The van der Waals surface area contributed by atoms with Gasteiger partial charge in [0.1, 0.15) is 5.82 Å². The Kier molecular flexibility index (Phi) is 6.22. The highest BCUT2D eigenvalue weighted by Crippen LogP contribution is 2.28. The number of anilines is 1. The quantitative estimate of drug-likeness (QED) is 0.457. The third-order valence-corrected chi connectivity index (χ3v) is 5.44. The average Bonchev–Trinajstić information content (AvgIpc) is 3.25. The lowest BCUT2D eigenvalue weighted by Crippen LogP contribution is -2.39. The summed E-state index contributed by atoms with van der Waals surface area (Å²) in [6, 6.07) is 10.6. The van der Waals surface area contributed by atoms with Gasteiger partial charge in [-0.3, -0.25) is 19.8 Å². The highest BCUT2D eigenvalue weighted by Gasteiger charge is 2.27. The van der Waals surface area contributed by atoms with Crippen molar-refractivity contribution in [3.63, 3.8) is 0 Å². The molecular formula is C22H22FN5O4. The number of amides is 1. The fourth-order valence-corrected chi connectivity index (χ4v) is 3.83. The fourth-order valence-electron chi connectivity index (χ4n) is 3.83. The fraction of sp³-hybridized carbons (Fsp3) is 0.318. The number of aryl methyl sites for hydroxylation is 1. The van der Waals surface area contributed by atoms with E-state index in [0.717, 1.165) is 19.4 Å². The predicted octanol–water partition coefficient (Wildman–Crippen LogP) is 3.91. The van der Waals surface area contributed by atoms with Crippen molar-refractivity contribution in [1.82, 2.24) is 15.0 Å². The van der Waals surface area contributed by atoms with Crippen LogP contribution in [0, 0.1) is 22.9 Å². The monoisotopic (exact) mass is 439 g/mol. The summed E-state index contributed by atoms with van der Waals surface area (Å²) < 4.78 is 18.9. The van der Waals surface area contributed by atoms with Crippen molar-refractivity contribution in [2.75, 3.05) is 25.0 Å². The van der Waals surface area contributed by atoms with Crippen molar-refractivity contribution in [2.45, 2.75) is 25.7 Å². The molecule has 0 spiro atoms. The molecule has 1 N–H and O–H groups in total. The maximum absolute atomic E-state index is 13.5. The Morgan fingerprint density at radius 2 is 2.19 bits per heavy atom. The number of carbonyl (C=O) groups excluding carboxylic acids is 1. The summed E-state index contributed by atoms with van der Waals surface area (Å²) in [4.78, 5) is 29.5. The van der Waals surface area contributed by atoms with Gasteiger partial charge in [-0.05, 0) is 44.5 Å². The Morgan fingerprint density at radius 3 is 2.97 bits per heavy atom. The summed E-state index contributed by atoms with van der Waals surface area (Å²) in [5.74, 6) is 0.128. The third-order valence-electron chi connectivity index (χ3n) is 5.44. The molecule has 2 aromatic carbocycles. The molecule has 0 aliphatic carbocycles. The molecule has 9 nitrogen and oxygen atoms in total. The highest BCUT2D eigenvalue weighted by atomic mass is 19.1. The Balaban J connectivity index is 1.38. The SMILES string of the molecule is Cc1ccc(NC(=O)CN2CCC[C@H](c3nc(-c4cccc(F)c4)no3)C2)cc1[N+](=O)[O-]. The summed E-state index contributed by atoms with van der Waals surface area (Å²) in [7, 11) is 0. The van der Waals surface area contributed by atoms with Gasteiger partial charge in [-0.15, -0.1) is 0 Å². The molecule has 166 valence electrons. The second-order valence-electron chi connectivity index (χ2n) is 7.85. The first-order valence-corrected chi connectivity index (χ1v) is 10.3. The van der Waals surface area contributed by atoms with Crippen molar-refractivity contribution < 1.29 is 18.6 Å². The van der Waals surface area contributed by atoms with Crippen LogP contribution in [0.1, 0.15) is 30.2 Å². The lowest BCUT2D eigenvalue weighted by molar-refractivity contribution is -0.385. The van der Waals surface area contributed by atoms with Crippen LogP contribution in [-0.4, -0.2) is 45.5 Å². The molecule has 1 atom stereocenters. The van der Waals surface area contributed by atoms with Crippen LogP contribution in [0.4, 0.5) is 15.8 Å². The van der Waals surface area contributed by atoms with E-state index >= 15 is 0 Å². The van der Waals surface area contributed by atoms with Crippen LogP contribution in [0.5, 0.6) is 0 Å². The van der Waals surface area contributed by atoms with Crippen molar-refractivity contribution in [3.05, 3.63) is 69.9 Å². The van der Waals surface area contributed by atoms with E-state index in [4.69, 9.17) is 4.52 Å². The molecule has 3 aromatic rings. The minimum Gasteiger partial charge on any atom is -0.339 e. The van der Waals surface area contributed by atoms with Gasteiger partial charge in [-0.25, -0.2) is 4.39 Å². The van der Waals surface area contributed by atoms with Crippen LogP contribution in [0.25, 0.3) is 11.4 Å². The van der Waals surface area contributed by atoms with Gasteiger partial charge < -0.3 is 9.84 Å². The first-order chi connectivity index (χ1) is 15.4. The third kappa shape index (κ3) is 4.97. The maximum atomic E-state index is 13.5. The predicted molar refractivity (Wildman–Crippen MR) is 115 cm³/mol. The number of benzene rings is 2. The number of piperidine rings is 1. The smallest absolute Gasteiger partial charge is 0.274 e. The van der Waals surface area contributed by atoms with E-state index < -0.39 is 4.92 Å². The first-order valence-electron chi connectivity index (χ1n) is 10.3. The van der Waals surface area contributed by atoms with Crippen LogP contribution in [0.3, 0.4) is 0 Å². The standard InChI is InChI=1S/C22H22FN5O4/c1-14-7-8-18(11-19(14)28(30)31)24-20(29)13-27-9-3-5-16(12-27)22-25-21(26-32-22)15-4-2-6-17(23)10-15/h2,4,6-8,10-11,16H,3,5,9,12-13H2,1H3,(H,24,29)/t16-/m0/s1. The van der Waals surface area contributed by atoms with Gasteiger partial charge in [0, 0.05) is 29.4 Å². The summed E-state index contributed by atoms with van der Waals surface area (Å²) in [6.45, 7) is 3.09. The molecule has 32 heavy (non-hydrogen) atoms. The van der Waals surface area contributed by atoms with E-state index in [0.29, 0.717) is 35.1 Å². The number of hydrogen-bond acceptors (Lipinski definition) is 7. The topological polar surface area (TPSA) is 114 Å². The number of nitrogens with zero attached hydrogens (tertiary/aromatic N) is 4. The highest BCUT2D eigenvalue weighted by molar-refractivity contribution is 5.92. The zero-order chi connectivity index (χ0) is 22.7. The van der Waals surface area contributed by atoms with E-state index in [2.05, 4.69) is 15.5 Å². The number of halogens is 1. The number of hydrogen-bond donors (Lipinski definition) is 1. The number of nitro groups is 1. The van der Waals surface area contributed by atoms with Gasteiger partial charge in [-0.2, -0.15) is 4.98 Å². The zero-order valence-electron chi connectivity index (χ0n) is 17.5. The number of carbonyl (C=O) groups is 1. The zero-order valence-corrected chi connectivity index (χ0v) is 17.5. The lowest BCUT2D eigenvalue weighted by Gasteiger charge is -2.30. The van der Waals surface area contributed by atoms with Crippen molar-refractivity contribution >= 4 is 17.3 Å². The molecule has 10 heteroatoms. The minimum atomic E-state index is -0.470. The summed E-state index contributed by atoms with van der Waals surface area (Å²) >= 11 is 0. The Bertz CT molecular complexity index is 1150. The molecule has 1 fully saturated rings. The second kappa shape index (κ2) is 9.23. The van der Waals surface area contributed by atoms with Crippen LogP contribution >= 0.6 is 0 Å². The molecule has 1 aromatic heterocycles. The summed E-state index contributed by atoms with van der Waals surface area (Å²) in [6.07, 6.45) is 1.69. The van der Waals surface area contributed by atoms with Gasteiger partial charge in [0.05, 0.1) is 17.4 Å². The van der Waals surface area contributed by atoms with Crippen molar-refractivity contribution in [1.29, 1.82) is 0 Å². The summed E-state index contributed by atoms with van der Waals surface area (Å²) in [5, 5.41) is 17.8. The van der Waals surface area contributed by atoms with E-state index in [9.17, 15) is 19.3 Å². The van der Waals surface area contributed by atoms with E-state index in [-0.39, 0.29) is 29.9 Å².